The summed E-state index contributed by atoms with van der Waals surface area (Å²) in [5.41, 5.74) is 4.08. The summed E-state index contributed by atoms with van der Waals surface area (Å²) in [5, 5.41) is 10.8. The topological polar surface area (TPSA) is 70.8 Å². The highest BCUT2D eigenvalue weighted by Gasteiger charge is 2.12. The van der Waals surface area contributed by atoms with Crippen LogP contribution in [0, 0.1) is 10.1 Å². The largest absolute Gasteiger partial charge is 0.493 e. The average molecular weight is 383 g/mol. The molecule has 0 radical (unpaired) electrons. The molecule has 0 aromatic heterocycles. The number of methoxy groups -OCH3 is 2. The van der Waals surface area contributed by atoms with Gasteiger partial charge < -0.3 is 14.2 Å². The van der Waals surface area contributed by atoms with E-state index >= 15 is 0 Å². The van der Waals surface area contributed by atoms with Crippen LogP contribution in [0.15, 0.2) is 48.0 Å². The first-order chi connectivity index (χ1) is 13.4. The second kappa shape index (κ2) is 10.3. The van der Waals surface area contributed by atoms with E-state index in [9.17, 15) is 10.1 Å². The van der Waals surface area contributed by atoms with E-state index in [-0.39, 0.29) is 12.5 Å². The summed E-state index contributed by atoms with van der Waals surface area (Å²) >= 11 is 0. The van der Waals surface area contributed by atoms with Gasteiger partial charge in [-0.25, -0.2) is 0 Å². The quantitative estimate of drug-likeness (QED) is 0.194. The highest BCUT2D eigenvalue weighted by atomic mass is 16.7. The highest BCUT2D eigenvalue weighted by Crippen LogP contribution is 2.34. The Morgan fingerprint density at radius 3 is 2.32 bits per heavy atom. The van der Waals surface area contributed by atoms with Gasteiger partial charge in [0, 0.05) is 24.8 Å². The predicted octanol–water partition coefficient (Wildman–Crippen LogP) is 5.27. The van der Waals surface area contributed by atoms with Crippen molar-refractivity contribution in [2.24, 2.45) is 0 Å². The molecule has 0 heterocycles. The summed E-state index contributed by atoms with van der Waals surface area (Å²) in [5.74, 6) is 1.29. The standard InChI is InChI=1S/C22H25NO5/c1-16(2)5-10-19-13-18(14-21(27-4)22(19)28-15-26-3)7-6-17-8-11-20(12-9-17)23(24)25/h5-9,11-14H,10,15H2,1-4H3/b7-6+. The lowest BCUT2D eigenvalue weighted by molar-refractivity contribution is -0.384. The second-order valence-electron chi connectivity index (χ2n) is 6.43. The number of hydrogen-bond acceptors (Lipinski definition) is 5. The smallest absolute Gasteiger partial charge is 0.269 e. The monoisotopic (exact) mass is 383 g/mol. The molecule has 6 heteroatoms. The molecule has 0 amide bonds. The summed E-state index contributed by atoms with van der Waals surface area (Å²) in [6.45, 7) is 4.23. The Morgan fingerprint density at radius 2 is 1.75 bits per heavy atom. The van der Waals surface area contributed by atoms with Gasteiger partial charge in [-0.3, -0.25) is 10.1 Å². The molecule has 28 heavy (non-hydrogen) atoms. The van der Waals surface area contributed by atoms with Gasteiger partial charge in [0.05, 0.1) is 12.0 Å². The minimum atomic E-state index is -0.410. The summed E-state index contributed by atoms with van der Waals surface area (Å²) in [6, 6.07) is 10.3. The number of rotatable bonds is 9. The van der Waals surface area contributed by atoms with Crippen LogP contribution in [0.5, 0.6) is 11.5 Å². The maximum atomic E-state index is 10.8. The molecule has 2 aromatic carbocycles. The van der Waals surface area contributed by atoms with Gasteiger partial charge >= 0.3 is 0 Å². The number of nitro benzene ring substituents is 1. The second-order valence-corrected chi connectivity index (χ2v) is 6.43. The molecule has 2 aromatic rings. The molecular formula is C22H25NO5. The number of benzene rings is 2. The maximum absolute atomic E-state index is 10.8. The molecule has 2 rings (SSSR count). The Balaban J connectivity index is 2.35. The van der Waals surface area contributed by atoms with Crippen LogP contribution in [0.4, 0.5) is 5.69 Å². The molecule has 0 saturated carbocycles. The van der Waals surface area contributed by atoms with Crippen LogP contribution in [0.1, 0.15) is 30.5 Å². The minimum Gasteiger partial charge on any atom is -0.493 e. The Hall–Kier alpha value is -3.12. The first kappa shape index (κ1) is 21.2. The van der Waals surface area contributed by atoms with Crippen LogP contribution in [0.3, 0.4) is 0 Å². The van der Waals surface area contributed by atoms with E-state index in [0.29, 0.717) is 17.9 Å². The van der Waals surface area contributed by atoms with Crippen molar-refractivity contribution in [1.29, 1.82) is 0 Å². The molecule has 0 aliphatic rings. The molecule has 0 bridgehead atoms. The van der Waals surface area contributed by atoms with Gasteiger partial charge in [-0.05, 0) is 55.7 Å². The Labute approximate surface area is 165 Å². The Kier molecular flexibility index (Phi) is 7.77. The van der Waals surface area contributed by atoms with Gasteiger partial charge in [0.25, 0.3) is 5.69 Å². The number of non-ortho nitro benzene ring substituents is 1. The third kappa shape index (κ3) is 5.96. The van der Waals surface area contributed by atoms with Crippen molar-refractivity contribution in [1.82, 2.24) is 0 Å². The van der Waals surface area contributed by atoms with Crippen molar-refractivity contribution < 1.29 is 19.1 Å². The SMILES string of the molecule is COCOc1c(CC=C(C)C)cc(/C=C/c2ccc([N+](=O)[O-])cc2)cc1OC. The lowest BCUT2D eigenvalue weighted by Gasteiger charge is -2.15. The van der Waals surface area contributed by atoms with Gasteiger partial charge in [-0.1, -0.05) is 23.8 Å². The summed E-state index contributed by atoms with van der Waals surface area (Å²) < 4.78 is 16.3. The predicted molar refractivity (Wildman–Crippen MR) is 111 cm³/mol. The fraction of sp³-hybridized carbons (Fsp3) is 0.273. The van der Waals surface area contributed by atoms with Crippen LogP contribution >= 0.6 is 0 Å². The number of hydrogen-bond donors (Lipinski definition) is 0. The lowest BCUT2D eigenvalue weighted by Crippen LogP contribution is -2.04. The molecule has 0 unspecified atom stereocenters. The molecule has 0 saturated heterocycles. The van der Waals surface area contributed by atoms with Gasteiger partial charge in [0.2, 0.25) is 0 Å². The number of nitrogens with zero attached hydrogens (tertiary/aromatic N) is 1. The summed E-state index contributed by atoms with van der Waals surface area (Å²) in [4.78, 5) is 10.4. The first-order valence-electron chi connectivity index (χ1n) is 8.83. The van der Waals surface area contributed by atoms with Crippen molar-refractivity contribution in [2.45, 2.75) is 20.3 Å². The number of allylic oxidation sites excluding steroid dienone is 2. The van der Waals surface area contributed by atoms with Gasteiger partial charge in [-0.2, -0.15) is 0 Å². The molecule has 0 fully saturated rings. The molecule has 0 aliphatic heterocycles. The molecule has 6 nitrogen and oxygen atoms in total. The Morgan fingerprint density at radius 1 is 1.07 bits per heavy atom. The van der Waals surface area contributed by atoms with Crippen LogP contribution in [-0.2, 0) is 11.2 Å². The zero-order valence-corrected chi connectivity index (χ0v) is 16.6. The lowest BCUT2D eigenvalue weighted by atomic mass is 10.0. The van der Waals surface area contributed by atoms with Gasteiger partial charge in [-0.15, -0.1) is 0 Å². The van der Waals surface area contributed by atoms with Gasteiger partial charge in [0.15, 0.2) is 18.3 Å². The normalized spacial score (nSPS) is 10.7. The first-order valence-corrected chi connectivity index (χ1v) is 8.83. The Bertz CT molecular complexity index is 865. The zero-order chi connectivity index (χ0) is 20.5. The van der Waals surface area contributed by atoms with Gasteiger partial charge in [0.1, 0.15) is 0 Å². The maximum Gasteiger partial charge on any atom is 0.269 e. The van der Waals surface area contributed by atoms with Crippen molar-refractivity contribution in [3.8, 4) is 11.5 Å². The highest BCUT2D eigenvalue weighted by molar-refractivity contribution is 5.72. The van der Waals surface area contributed by atoms with Crippen molar-refractivity contribution >= 4 is 17.8 Å². The van der Waals surface area contributed by atoms with Crippen LogP contribution < -0.4 is 9.47 Å². The summed E-state index contributed by atoms with van der Waals surface area (Å²) in [6.07, 6.45) is 6.67. The van der Waals surface area contributed by atoms with E-state index < -0.39 is 4.92 Å². The summed E-state index contributed by atoms with van der Waals surface area (Å²) in [7, 11) is 3.17. The molecule has 0 spiro atoms. The van der Waals surface area contributed by atoms with E-state index in [2.05, 4.69) is 6.08 Å². The van der Waals surface area contributed by atoms with E-state index in [1.54, 1.807) is 26.4 Å². The van der Waals surface area contributed by atoms with Crippen LogP contribution in [-0.4, -0.2) is 25.9 Å². The molecule has 0 N–H and O–H groups in total. The fourth-order valence-corrected chi connectivity index (χ4v) is 2.58. The number of nitro groups is 1. The molecule has 0 atom stereocenters. The van der Waals surface area contributed by atoms with Crippen molar-refractivity contribution in [2.75, 3.05) is 21.0 Å². The van der Waals surface area contributed by atoms with E-state index in [1.807, 2.05) is 38.1 Å². The minimum absolute atomic E-state index is 0.0717. The van der Waals surface area contributed by atoms with Crippen LogP contribution in [0.2, 0.25) is 0 Å². The average Bonchev–Trinajstić information content (AvgIpc) is 2.69. The molecular weight excluding hydrogens is 358 g/mol. The molecule has 0 aliphatic carbocycles. The number of ether oxygens (including phenoxy) is 3. The van der Waals surface area contributed by atoms with Crippen molar-refractivity contribution in [3.63, 3.8) is 0 Å². The zero-order valence-electron chi connectivity index (χ0n) is 16.6. The van der Waals surface area contributed by atoms with E-state index in [4.69, 9.17) is 14.2 Å². The van der Waals surface area contributed by atoms with E-state index in [0.717, 1.165) is 16.7 Å². The van der Waals surface area contributed by atoms with Crippen molar-refractivity contribution in [3.05, 3.63) is 74.9 Å². The van der Waals surface area contributed by atoms with E-state index in [1.165, 1.54) is 17.7 Å². The third-order valence-corrected chi connectivity index (χ3v) is 4.00. The van der Waals surface area contributed by atoms with Crippen LogP contribution in [0.25, 0.3) is 12.2 Å². The third-order valence-electron chi connectivity index (χ3n) is 4.00. The fourth-order valence-electron chi connectivity index (χ4n) is 2.58. The molecule has 148 valence electrons.